The van der Waals surface area contributed by atoms with Crippen molar-refractivity contribution in [1.29, 1.82) is 0 Å². The van der Waals surface area contributed by atoms with Crippen molar-refractivity contribution in [2.45, 2.75) is 19.3 Å². The zero-order valence-corrected chi connectivity index (χ0v) is 17.8. The summed E-state index contributed by atoms with van der Waals surface area (Å²) in [5.41, 5.74) is 2.27. The van der Waals surface area contributed by atoms with Crippen LogP contribution in [0.1, 0.15) is 28.8 Å². The number of sulfonamides is 1. The van der Waals surface area contributed by atoms with Crippen molar-refractivity contribution < 1.29 is 18.0 Å². The summed E-state index contributed by atoms with van der Waals surface area (Å²) in [7, 11) is -3.21. The highest BCUT2D eigenvalue weighted by atomic mass is 32.2. The summed E-state index contributed by atoms with van der Waals surface area (Å²) in [4.78, 5) is 27.2. The van der Waals surface area contributed by atoms with Gasteiger partial charge in [-0.05, 0) is 49.1 Å². The second kappa shape index (κ2) is 9.86. The van der Waals surface area contributed by atoms with Crippen molar-refractivity contribution in [2.24, 2.45) is 5.92 Å². The van der Waals surface area contributed by atoms with Gasteiger partial charge in [-0.3, -0.25) is 9.59 Å². The molecule has 2 N–H and O–H groups in total. The van der Waals surface area contributed by atoms with Crippen LogP contribution in [0.3, 0.4) is 0 Å². The van der Waals surface area contributed by atoms with Gasteiger partial charge in [-0.25, -0.2) is 13.1 Å². The Bertz CT molecular complexity index is 975. The monoisotopic (exact) mass is 429 g/mol. The fourth-order valence-electron chi connectivity index (χ4n) is 3.52. The predicted molar refractivity (Wildman–Crippen MR) is 117 cm³/mol. The van der Waals surface area contributed by atoms with Crippen LogP contribution in [0.5, 0.6) is 0 Å². The van der Waals surface area contributed by atoms with Crippen LogP contribution in [0, 0.1) is 5.92 Å². The number of benzene rings is 2. The topological polar surface area (TPSA) is 95.6 Å². The summed E-state index contributed by atoms with van der Waals surface area (Å²) in [6, 6.07) is 16.5. The Kier molecular flexibility index (Phi) is 7.23. The van der Waals surface area contributed by atoms with Crippen molar-refractivity contribution in [3.05, 3.63) is 65.7 Å². The fourth-order valence-corrected chi connectivity index (χ4v) is 3.99. The average molecular weight is 430 g/mol. The van der Waals surface area contributed by atoms with E-state index in [2.05, 4.69) is 10.0 Å². The van der Waals surface area contributed by atoms with Crippen molar-refractivity contribution in [2.75, 3.05) is 31.2 Å². The molecular weight excluding hydrogens is 402 g/mol. The second-order valence-corrected chi connectivity index (χ2v) is 9.39. The molecule has 30 heavy (non-hydrogen) atoms. The quantitative estimate of drug-likeness (QED) is 0.706. The highest BCUT2D eigenvalue weighted by Crippen LogP contribution is 2.21. The number of amides is 2. The summed E-state index contributed by atoms with van der Waals surface area (Å²) in [5, 5.41) is 2.92. The van der Waals surface area contributed by atoms with Gasteiger partial charge in [-0.15, -0.1) is 0 Å². The minimum atomic E-state index is -3.21. The van der Waals surface area contributed by atoms with Crippen LogP contribution in [-0.4, -0.2) is 51.0 Å². The van der Waals surface area contributed by atoms with Crippen molar-refractivity contribution in [3.8, 4) is 0 Å². The van der Waals surface area contributed by atoms with Gasteiger partial charge in [0.25, 0.3) is 5.91 Å². The normalized spacial score (nSPS) is 16.8. The molecule has 0 bridgehead atoms. The third-order valence-corrected chi connectivity index (χ3v) is 5.83. The lowest BCUT2D eigenvalue weighted by atomic mass is 9.96. The smallest absolute Gasteiger partial charge is 0.253 e. The molecular formula is C22H27N3O4S. The molecule has 0 radical (unpaired) electrons. The van der Waals surface area contributed by atoms with Gasteiger partial charge < -0.3 is 10.2 Å². The Morgan fingerprint density at radius 1 is 1.07 bits per heavy atom. The number of nitrogens with one attached hydrogen (secondary N) is 2. The molecule has 0 aromatic heterocycles. The number of hydrogen-bond acceptors (Lipinski definition) is 4. The van der Waals surface area contributed by atoms with E-state index < -0.39 is 10.0 Å². The lowest BCUT2D eigenvalue weighted by Crippen LogP contribution is -2.43. The summed E-state index contributed by atoms with van der Waals surface area (Å²) in [5.74, 6) is -0.385. The maximum Gasteiger partial charge on any atom is 0.253 e. The Hall–Kier alpha value is -2.71. The van der Waals surface area contributed by atoms with Crippen molar-refractivity contribution in [3.63, 3.8) is 0 Å². The summed E-state index contributed by atoms with van der Waals surface area (Å²) >= 11 is 0. The van der Waals surface area contributed by atoms with Gasteiger partial charge in [0.1, 0.15) is 0 Å². The molecule has 160 valence electrons. The van der Waals surface area contributed by atoms with E-state index in [9.17, 15) is 18.0 Å². The van der Waals surface area contributed by atoms with Crippen molar-refractivity contribution >= 4 is 27.5 Å². The minimum absolute atomic E-state index is 0.0626. The number of para-hydroxylation sites is 1. The van der Waals surface area contributed by atoms with Gasteiger partial charge >= 0.3 is 0 Å². The molecule has 0 spiro atoms. The second-order valence-electron chi connectivity index (χ2n) is 7.56. The summed E-state index contributed by atoms with van der Waals surface area (Å²) in [6.07, 6.45) is 3.22. The zero-order chi connectivity index (χ0) is 21.6. The van der Waals surface area contributed by atoms with Crippen molar-refractivity contribution in [1.82, 2.24) is 9.62 Å². The molecule has 2 aromatic rings. The van der Waals surface area contributed by atoms with Crippen LogP contribution in [0.15, 0.2) is 54.6 Å². The van der Waals surface area contributed by atoms with Gasteiger partial charge in [0.2, 0.25) is 15.9 Å². The molecule has 0 aliphatic carbocycles. The number of nitrogens with zero attached hydrogens (tertiary/aromatic N) is 1. The fraction of sp³-hybridized carbons (Fsp3) is 0.364. The molecule has 1 atom stereocenters. The highest BCUT2D eigenvalue weighted by Gasteiger charge is 2.29. The SMILES string of the molecule is CS(=O)(=O)NCCc1ccc(C(=O)N2CCC[C@@H](C(=O)Nc3ccccc3)C2)cc1. The summed E-state index contributed by atoms with van der Waals surface area (Å²) in [6.45, 7) is 1.35. The van der Waals surface area contributed by atoms with E-state index in [0.717, 1.165) is 30.3 Å². The zero-order valence-electron chi connectivity index (χ0n) is 17.0. The first kappa shape index (κ1) is 22.0. The number of likely N-dealkylation sites (tertiary alicyclic amines) is 1. The first-order valence-electron chi connectivity index (χ1n) is 10.0. The molecule has 8 heteroatoms. The molecule has 1 fully saturated rings. The Morgan fingerprint density at radius 3 is 2.43 bits per heavy atom. The highest BCUT2D eigenvalue weighted by molar-refractivity contribution is 7.88. The van der Waals surface area contributed by atoms with Gasteiger partial charge in [0.15, 0.2) is 0 Å². The summed E-state index contributed by atoms with van der Waals surface area (Å²) < 4.78 is 24.7. The molecule has 2 amide bonds. The van der Waals surface area contributed by atoms with Gasteiger partial charge in [-0.2, -0.15) is 0 Å². The van der Waals surface area contributed by atoms with Crippen LogP contribution in [0.25, 0.3) is 0 Å². The lowest BCUT2D eigenvalue weighted by molar-refractivity contribution is -0.121. The van der Waals surface area contributed by atoms with Crippen LogP contribution in [0.4, 0.5) is 5.69 Å². The number of rotatable bonds is 7. The van der Waals surface area contributed by atoms with Crippen LogP contribution in [0.2, 0.25) is 0 Å². The third-order valence-electron chi connectivity index (χ3n) is 5.10. The first-order chi connectivity index (χ1) is 14.3. The number of carbonyl (C=O) groups excluding carboxylic acids is 2. The maximum atomic E-state index is 12.9. The largest absolute Gasteiger partial charge is 0.338 e. The molecule has 1 heterocycles. The molecule has 1 saturated heterocycles. The van der Waals surface area contributed by atoms with E-state index >= 15 is 0 Å². The van der Waals surface area contributed by atoms with Crippen LogP contribution in [-0.2, 0) is 21.2 Å². The number of anilines is 1. The molecule has 7 nitrogen and oxygen atoms in total. The van der Waals surface area contributed by atoms with Gasteiger partial charge in [0.05, 0.1) is 12.2 Å². The molecule has 0 unspecified atom stereocenters. The van der Waals surface area contributed by atoms with E-state index in [0.29, 0.717) is 31.6 Å². The number of hydrogen-bond donors (Lipinski definition) is 2. The Labute approximate surface area is 177 Å². The predicted octanol–water partition coefficient (Wildman–Crippen LogP) is 2.27. The Morgan fingerprint density at radius 2 is 1.77 bits per heavy atom. The third kappa shape index (κ3) is 6.40. The van der Waals surface area contributed by atoms with E-state index in [4.69, 9.17) is 0 Å². The van der Waals surface area contributed by atoms with E-state index in [-0.39, 0.29) is 17.7 Å². The standard InChI is InChI=1S/C22H27N3O4S/c1-30(28,29)23-14-13-17-9-11-18(12-10-17)22(27)25-15-5-6-19(16-25)21(26)24-20-7-3-2-4-8-20/h2-4,7-12,19,23H,5-6,13-16H2,1H3,(H,24,26)/t19-/m1/s1. The van der Waals surface area contributed by atoms with E-state index in [1.807, 2.05) is 42.5 Å². The molecule has 1 aliphatic heterocycles. The molecule has 1 aliphatic rings. The molecule has 3 rings (SSSR count). The van der Waals surface area contributed by atoms with E-state index in [1.165, 1.54) is 0 Å². The van der Waals surface area contributed by atoms with Crippen LogP contribution >= 0.6 is 0 Å². The number of piperidine rings is 1. The number of carbonyl (C=O) groups is 2. The van der Waals surface area contributed by atoms with Crippen LogP contribution < -0.4 is 10.0 Å². The lowest BCUT2D eigenvalue weighted by Gasteiger charge is -2.32. The molecule has 0 saturated carbocycles. The minimum Gasteiger partial charge on any atom is -0.338 e. The molecule has 2 aromatic carbocycles. The van der Waals surface area contributed by atoms with Gasteiger partial charge in [-0.1, -0.05) is 30.3 Å². The maximum absolute atomic E-state index is 12.9. The first-order valence-corrected chi connectivity index (χ1v) is 11.9. The van der Waals surface area contributed by atoms with E-state index in [1.54, 1.807) is 17.0 Å². The average Bonchev–Trinajstić information content (AvgIpc) is 2.74. The Balaban J connectivity index is 1.56. The van der Waals surface area contributed by atoms with Gasteiger partial charge in [0, 0.05) is 30.9 Å².